The Bertz CT molecular complexity index is 549. The Hall–Kier alpha value is -2.04. The van der Waals surface area contributed by atoms with Crippen LogP contribution in [-0.2, 0) is 13.0 Å². The maximum absolute atomic E-state index is 5.87. The first-order valence-electron chi connectivity index (χ1n) is 6.68. The lowest BCUT2D eigenvalue weighted by Crippen LogP contribution is -2.26. The van der Waals surface area contributed by atoms with Gasteiger partial charge in [-0.2, -0.15) is 0 Å². The fourth-order valence-corrected chi connectivity index (χ4v) is 2.16. The van der Waals surface area contributed by atoms with E-state index in [1.165, 1.54) is 12.8 Å². The van der Waals surface area contributed by atoms with Crippen molar-refractivity contribution in [1.82, 2.24) is 9.97 Å². The Morgan fingerprint density at radius 1 is 1.42 bits per heavy atom. The molecular weight excluding hydrogens is 240 g/mol. The van der Waals surface area contributed by atoms with Gasteiger partial charge < -0.3 is 15.1 Å². The molecule has 0 amide bonds. The zero-order valence-electron chi connectivity index (χ0n) is 11.0. The van der Waals surface area contributed by atoms with Crippen molar-refractivity contribution >= 4 is 11.6 Å². The molecule has 1 aliphatic rings. The quantitative estimate of drug-likeness (QED) is 0.891. The van der Waals surface area contributed by atoms with Crippen molar-refractivity contribution in [3.8, 4) is 0 Å². The Kier molecular flexibility index (Phi) is 3.11. The summed E-state index contributed by atoms with van der Waals surface area (Å²) in [4.78, 5) is 11.1. The van der Waals surface area contributed by atoms with Crippen molar-refractivity contribution in [2.75, 3.05) is 10.6 Å². The smallest absolute Gasteiger partial charge is 0.135 e. The SMILES string of the molecule is CCc1nc(N)cc(N(Cc2ccco2)C2CC2)n1. The number of aryl methyl sites for hydroxylation is 1. The molecule has 0 spiro atoms. The molecule has 1 fully saturated rings. The molecule has 0 atom stereocenters. The summed E-state index contributed by atoms with van der Waals surface area (Å²) in [5.41, 5.74) is 5.87. The van der Waals surface area contributed by atoms with E-state index >= 15 is 0 Å². The van der Waals surface area contributed by atoms with Crippen molar-refractivity contribution in [2.24, 2.45) is 0 Å². The van der Waals surface area contributed by atoms with Gasteiger partial charge in [0.2, 0.25) is 0 Å². The summed E-state index contributed by atoms with van der Waals surface area (Å²) in [5, 5.41) is 0. The van der Waals surface area contributed by atoms with Crippen molar-refractivity contribution in [1.29, 1.82) is 0 Å². The van der Waals surface area contributed by atoms with Gasteiger partial charge in [-0.25, -0.2) is 9.97 Å². The molecule has 2 N–H and O–H groups in total. The average molecular weight is 258 g/mol. The van der Waals surface area contributed by atoms with E-state index in [2.05, 4.69) is 14.9 Å². The minimum atomic E-state index is 0.534. The predicted molar refractivity (Wildman–Crippen MR) is 73.7 cm³/mol. The number of hydrogen-bond donors (Lipinski definition) is 1. The molecule has 0 aromatic carbocycles. The minimum Gasteiger partial charge on any atom is -0.467 e. The molecule has 2 heterocycles. The zero-order valence-corrected chi connectivity index (χ0v) is 11.0. The number of anilines is 2. The highest BCUT2D eigenvalue weighted by atomic mass is 16.3. The maximum atomic E-state index is 5.87. The van der Waals surface area contributed by atoms with E-state index < -0.39 is 0 Å². The van der Waals surface area contributed by atoms with E-state index in [1.54, 1.807) is 6.26 Å². The number of hydrogen-bond acceptors (Lipinski definition) is 5. The normalized spacial score (nSPS) is 14.6. The van der Waals surface area contributed by atoms with Gasteiger partial charge in [-0.15, -0.1) is 0 Å². The van der Waals surface area contributed by atoms with Gasteiger partial charge in [-0.3, -0.25) is 0 Å². The predicted octanol–water partition coefficient (Wildman–Crippen LogP) is 2.38. The van der Waals surface area contributed by atoms with Gasteiger partial charge >= 0.3 is 0 Å². The molecule has 1 saturated carbocycles. The molecule has 2 aromatic rings. The fourth-order valence-electron chi connectivity index (χ4n) is 2.16. The minimum absolute atomic E-state index is 0.534. The largest absolute Gasteiger partial charge is 0.467 e. The van der Waals surface area contributed by atoms with Crippen LogP contribution in [0.2, 0.25) is 0 Å². The van der Waals surface area contributed by atoms with Crippen LogP contribution in [0.1, 0.15) is 31.4 Å². The average Bonchev–Trinajstić information content (AvgIpc) is 3.12. The molecule has 0 aliphatic heterocycles. The van der Waals surface area contributed by atoms with Crippen molar-refractivity contribution in [3.63, 3.8) is 0 Å². The van der Waals surface area contributed by atoms with Crippen LogP contribution < -0.4 is 10.6 Å². The molecule has 1 aliphatic carbocycles. The van der Waals surface area contributed by atoms with Crippen LogP contribution in [0.5, 0.6) is 0 Å². The van der Waals surface area contributed by atoms with Crippen LogP contribution in [0.25, 0.3) is 0 Å². The summed E-state index contributed by atoms with van der Waals surface area (Å²) in [6.45, 7) is 2.77. The van der Waals surface area contributed by atoms with E-state index in [1.807, 2.05) is 25.1 Å². The van der Waals surface area contributed by atoms with Gasteiger partial charge in [0.05, 0.1) is 12.8 Å². The molecule has 0 saturated heterocycles. The summed E-state index contributed by atoms with van der Waals surface area (Å²) in [6, 6.07) is 6.29. The second-order valence-corrected chi connectivity index (χ2v) is 4.86. The van der Waals surface area contributed by atoms with Gasteiger partial charge in [0.25, 0.3) is 0 Å². The molecule has 0 bridgehead atoms. The fraction of sp³-hybridized carbons (Fsp3) is 0.429. The highest BCUT2D eigenvalue weighted by Gasteiger charge is 2.31. The number of rotatable bonds is 5. The molecule has 19 heavy (non-hydrogen) atoms. The van der Waals surface area contributed by atoms with E-state index in [0.717, 1.165) is 30.4 Å². The first kappa shape index (κ1) is 12.0. The van der Waals surface area contributed by atoms with Crippen molar-refractivity contribution in [3.05, 3.63) is 36.0 Å². The molecule has 100 valence electrons. The summed E-state index contributed by atoms with van der Waals surface area (Å²) in [6.07, 6.45) is 4.89. The standard InChI is InChI=1S/C14H18N4O/c1-2-13-16-12(15)8-14(17-13)18(10-5-6-10)9-11-4-3-7-19-11/h3-4,7-8,10H,2,5-6,9H2,1H3,(H2,15,16,17). The highest BCUT2D eigenvalue weighted by molar-refractivity contribution is 5.49. The number of nitrogens with zero attached hydrogens (tertiary/aromatic N) is 3. The molecular formula is C14H18N4O. The van der Waals surface area contributed by atoms with Crippen LogP contribution in [0.4, 0.5) is 11.6 Å². The summed E-state index contributed by atoms with van der Waals surface area (Å²) < 4.78 is 5.43. The van der Waals surface area contributed by atoms with Crippen LogP contribution in [0.15, 0.2) is 28.9 Å². The van der Waals surface area contributed by atoms with Crippen LogP contribution in [-0.4, -0.2) is 16.0 Å². The molecule has 5 nitrogen and oxygen atoms in total. The summed E-state index contributed by atoms with van der Waals surface area (Å²) in [5.74, 6) is 3.18. The van der Waals surface area contributed by atoms with E-state index in [0.29, 0.717) is 11.9 Å². The Balaban J connectivity index is 1.89. The first-order chi connectivity index (χ1) is 9.26. The van der Waals surface area contributed by atoms with E-state index in [4.69, 9.17) is 10.2 Å². The third kappa shape index (κ3) is 2.70. The number of aromatic nitrogens is 2. The molecule has 3 rings (SSSR count). The van der Waals surface area contributed by atoms with Crippen molar-refractivity contribution < 1.29 is 4.42 Å². The lowest BCUT2D eigenvalue weighted by Gasteiger charge is -2.23. The zero-order chi connectivity index (χ0) is 13.2. The van der Waals surface area contributed by atoms with E-state index in [-0.39, 0.29) is 0 Å². The Morgan fingerprint density at radius 3 is 2.89 bits per heavy atom. The van der Waals surface area contributed by atoms with Gasteiger partial charge in [0.15, 0.2) is 0 Å². The van der Waals surface area contributed by atoms with Crippen LogP contribution in [0.3, 0.4) is 0 Å². The van der Waals surface area contributed by atoms with Crippen molar-refractivity contribution in [2.45, 2.75) is 38.8 Å². The third-order valence-corrected chi connectivity index (χ3v) is 3.28. The monoisotopic (exact) mass is 258 g/mol. The second-order valence-electron chi connectivity index (χ2n) is 4.86. The topological polar surface area (TPSA) is 68.2 Å². The molecule has 5 heteroatoms. The van der Waals surface area contributed by atoms with Gasteiger partial charge in [-0.05, 0) is 25.0 Å². The molecule has 2 aromatic heterocycles. The third-order valence-electron chi connectivity index (χ3n) is 3.28. The second kappa shape index (κ2) is 4.91. The van der Waals surface area contributed by atoms with Gasteiger partial charge in [0.1, 0.15) is 23.2 Å². The Morgan fingerprint density at radius 2 is 2.26 bits per heavy atom. The first-order valence-corrected chi connectivity index (χ1v) is 6.68. The van der Waals surface area contributed by atoms with Gasteiger partial charge in [-0.1, -0.05) is 6.92 Å². The maximum Gasteiger partial charge on any atom is 0.135 e. The summed E-state index contributed by atoms with van der Waals surface area (Å²) in [7, 11) is 0. The number of nitrogen functional groups attached to an aromatic ring is 1. The summed E-state index contributed by atoms with van der Waals surface area (Å²) >= 11 is 0. The number of nitrogens with two attached hydrogens (primary N) is 1. The lowest BCUT2D eigenvalue weighted by atomic mass is 10.3. The highest BCUT2D eigenvalue weighted by Crippen LogP contribution is 2.32. The lowest BCUT2D eigenvalue weighted by molar-refractivity contribution is 0.500. The molecule has 0 radical (unpaired) electrons. The Labute approximate surface area is 112 Å². The van der Waals surface area contributed by atoms with Gasteiger partial charge in [0, 0.05) is 18.5 Å². The molecule has 0 unspecified atom stereocenters. The number of furan rings is 1. The van der Waals surface area contributed by atoms with Crippen LogP contribution >= 0.6 is 0 Å². The van der Waals surface area contributed by atoms with E-state index in [9.17, 15) is 0 Å². The van der Waals surface area contributed by atoms with Crippen LogP contribution in [0, 0.1) is 0 Å².